The number of anilines is 1. The van der Waals surface area contributed by atoms with E-state index in [9.17, 15) is 4.79 Å². The van der Waals surface area contributed by atoms with E-state index in [4.69, 9.17) is 14.7 Å². The van der Waals surface area contributed by atoms with Gasteiger partial charge in [0, 0.05) is 32.1 Å². The van der Waals surface area contributed by atoms with Gasteiger partial charge in [-0.1, -0.05) is 18.2 Å². The number of halogens is 1. The van der Waals surface area contributed by atoms with Crippen LogP contribution in [0.25, 0.3) is 10.9 Å². The van der Waals surface area contributed by atoms with Crippen molar-refractivity contribution in [2.45, 2.75) is 52.1 Å². The van der Waals surface area contributed by atoms with Gasteiger partial charge in [0.05, 0.1) is 24.6 Å². The molecule has 1 saturated carbocycles. The summed E-state index contributed by atoms with van der Waals surface area (Å²) >= 11 is 0. The first-order valence-corrected chi connectivity index (χ1v) is 11.3. The van der Waals surface area contributed by atoms with E-state index in [1.54, 1.807) is 0 Å². The summed E-state index contributed by atoms with van der Waals surface area (Å²) < 4.78 is 5.18. The molecule has 0 amide bonds. The van der Waals surface area contributed by atoms with E-state index < -0.39 is 0 Å². The first-order valence-electron chi connectivity index (χ1n) is 11.3. The molecule has 1 aromatic heterocycles. The molecule has 8 heteroatoms. The predicted molar refractivity (Wildman–Crippen MR) is 142 cm³/mol. The largest absolute Gasteiger partial charge is 0.466 e. The standard InChI is InChI=1S/C24H35N5O2.HI/c1-5-25-24(27-19-13-11-17(12-14-19)23(30)31-6-2)26-16-18-15-22(29(3)4)28-21-10-8-7-9-20(18)21;/h7-10,15,17,19H,5-6,11-14,16H2,1-4H3,(H2,25,26,27);1H. The number of aromatic nitrogens is 1. The van der Waals surface area contributed by atoms with Gasteiger partial charge in [0.25, 0.3) is 0 Å². The van der Waals surface area contributed by atoms with Gasteiger partial charge in [-0.2, -0.15) is 0 Å². The number of guanidine groups is 1. The topological polar surface area (TPSA) is 78.9 Å². The molecule has 0 atom stereocenters. The number of nitrogens with one attached hydrogen (secondary N) is 2. The molecular weight excluding hydrogens is 517 g/mol. The Balaban J connectivity index is 0.00000363. The Bertz CT molecular complexity index is 910. The van der Waals surface area contributed by atoms with Gasteiger partial charge in [-0.3, -0.25) is 4.79 Å². The maximum atomic E-state index is 12.0. The highest BCUT2D eigenvalue weighted by Crippen LogP contribution is 2.26. The lowest BCUT2D eigenvalue weighted by Gasteiger charge is -2.29. The van der Waals surface area contributed by atoms with Crippen LogP contribution in [0.1, 0.15) is 45.1 Å². The number of nitrogens with zero attached hydrogens (tertiary/aromatic N) is 3. The summed E-state index contributed by atoms with van der Waals surface area (Å²) in [4.78, 5) is 23.6. The van der Waals surface area contributed by atoms with Crippen LogP contribution in [0, 0.1) is 5.92 Å². The molecule has 0 aliphatic heterocycles. The minimum Gasteiger partial charge on any atom is -0.466 e. The van der Waals surface area contributed by atoms with E-state index in [2.05, 4.69) is 29.7 Å². The molecular formula is C24H36IN5O2. The number of hydrogen-bond acceptors (Lipinski definition) is 5. The normalized spacial score (nSPS) is 18.6. The van der Waals surface area contributed by atoms with Crippen molar-refractivity contribution < 1.29 is 9.53 Å². The van der Waals surface area contributed by atoms with Gasteiger partial charge in [-0.05, 0) is 57.2 Å². The molecule has 0 radical (unpaired) electrons. The van der Waals surface area contributed by atoms with Gasteiger partial charge >= 0.3 is 5.97 Å². The van der Waals surface area contributed by atoms with Crippen LogP contribution in [0.5, 0.6) is 0 Å². The summed E-state index contributed by atoms with van der Waals surface area (Å²) in [6.45, 7) is 5.74. The van der Waals surface area contributed by atoms with E-state index >= 15 is 0 Å². The van der Waals surface area contributed by atoms with E-state index in [1.807, 2.05) is 44.1 Å². The van der Waals surface area contributed by atoms with Crippen LogP contribution in [-0.4, -0.2) is 50.2 Å². The number of pyridine rings is 1. The molecule has 2 aromatic rings. The highest BCUT2D eigenvalue weighted by atomic mass is 127. The van der Waals surface area contributed by atoms with Crippen molar-refractivity contribution in [2.75, 3.05) is 32.1 Å². The summed E-state index contributed by atoms with van der Waals surface area (Å²) in [5.74, 6) is 1.72. The molecule has 7 nitrogen and oxygen atoms in total. The van der Waals surface area contributed by atoms with Gasteiger partial charge in [0.1, 0.15) is 5.82 Å². The summed E-state index contributed by atoms with van der Waals surface area (Å²) in [6, 6.07) is 10.6. The molecule has 1 fully saturated rings. The Morgan fingerprint density at radius 2 is 1.91 bits per heavy atom. The minimum absolute atomic E-state index is 0. The number of rotatable bonds is 7. The zero-order chi connectivity index (χ0) is 22.2. The van der Waals surface area contributed by atoms with Crippen molar-refractivity contribution >= 4 is 52.6 Å². The summed E-state index contributed by atoms with van der Waals surface area (Å²) in [7, 11) is 4.00. The van der Waals surface area contributed by atoms with E-state index in [1.165, 1.54) is 0 Å². The average Bonchev–Trinajstić information content (AvgIpc) is 2.77. The predicted octanol–water partition coefficient (Wildman–Crippen LogP) is 4.10. The molecule has 176 valence electrons. The second-order valence-electron chi connectivity index (χ2n) is 8.19. The highest BCUT2D eigenvalue weighted by molar-refractivity contribution is 14.0. The maximum absolute atomic E-state index is 12.0. The van der Waals surface area contributed by atoms with Crippen LogP contribution < -0.4 is 15.5 Å². The Labute approximate surface area is 208 Å². The van der Waals surface area contributed by atoms with Gasteiger partial charge in [-0.25, -0.2) is 9.98 Å². The lowest BCUT2D eigenvalue weighted by Crippen LogP contribution is -2.45. The average molecular weight is 553 g/mol. The second-order valence-corrected chi connectivity index (χ2v) is 8.19. The van der Waals surface area contributed by atoms with Crippen LogP contribution in [0.2, 0.25) is 0 Å². The number of para-hydroxylation sites is 1. The van der Waals surface area contributed by atoms with E-state index in [0.29, 0.717) is 19.2 Å². The van der Waals surface area contributed by atoms with Crippen molar-refractivity contribution in [2.24, 2.45) is 10.9 Å². The number of carbonyl (C=O) groups excluding carboxylic acids is 1. The van der Waals surface area contributed by atoms with Gasteiger partial charge in [0.15, 0.2) is 5.96 Å². The zero-order valence-corrected chi connectivity index (χ0v) is 21.9. The van der Waals surface area contributed by atoms with E-state index in [0.717, 1.165) is 60.5 Å². The second kappa shape index (κ2) is 12.8. The van der Waals surface area contributed by atoms with Crippen LogP contribution in [0.15, 0.2) is 35.3 Å². The SMILES string of the molecule is CCNC(=NCc1cc(N(C)C)nc2ccccc12)NC1CCC(C(=O)OCC)CC1.I. The molecule has 0 spiro atoms. The Morgan fingerprint density at radius 3 is 2.56 bits per heavy atom. The molecule has 2 N–H and O–H groups in total. The fourth-order valence-electron chi connectivity index (χ4n) is 4.00. The molecule has 0 saturated heterocycles. The number of ether oxygens (including phenoxy) is 1. The van der Waals surface area contributed by atoms with Gasteiger partial charge in [-0.15, -0.1) is 24.0 Å². The number of benzene rings is 1. The first-order chi connectivity index (χ1) is 15.0. The Hall–Kier alpha value is -2.10. The van der Waals surface area contributed by atoms with Gasteiger partial charge < -0.3 is 20.3 Å². The Morgan fingerprint density at radius 1 is 1.19 bits per heavy atom. The Kier molecular flexibility index (Phi) is 10.5. The first kappa shape index (κ1) is 26.2. The van der Waals surface area contributed by atoms with Crippen molar-refractivity contribution in [1.82, 2.24) is 15.6 Å². The summed E-state index contributed by atoms with van der Waals surface area (Å²) in [5.41, 5.74) is 2.13. The number of fused-ring (bicyclic) bond motifs is 1. The van der Waals surface area contributed by atoms with E-state index in [-0.39, 0.29) is 35.9 Å². The molecule has 32 heavy (non-hydrogen) atoms. The number of esters is 1. The van der Waals surface area contributed by atoms with Crippen LogP contribution in [0.4, 0.5) is 5.82 Å². The fourth-order valence-corrected chi connectivity index (χ4v) is 4.00. The summed E-state index contributed by atoms with van der Waals surface area (Å²) in [5, 5.41) is 8.05. The smallest absolute Gasteiger partial charge is 0.308 e. The third kappa shape index (κ3) is 6.95. The van der Waals surface area contributed by atoms with Crippen LogP contribution >= 0.6 is 24.0 Å². The van der Waals surface area contributed by atoms with Crippen molar-refractivity contribution in [3.05, 3.63) is 35.9 Å². The summed E-state index contributed by atoms with van der Waals surface area (Å²) in [6.07, 6.45) is 3.60. The molecule has 0 unspecified atom stereocenters. The lowest BCUT2D eigenvalue weighted by molar-refractivity contribution is -0.149. The third-order valence-corrected chi connectivity index (χ3v) is 5.69. The molecule has 1 aromatic carbocycles. The molecule has 1 aliphatic carbocycles. The monoisotopic (exact) mass is 553 g/mol. The van der Waals surface area contributed by atoms with Crippen molar-refractivity contribution in [1.29, 1.82) is 0 Å². The molecule has 3 rings (SSSR count). The number of aliphatic imine (C=N–C) groups is 1. The maximum Gasteiger partial charge on any atom is 0.308 e. The van der Waals surface area contributed by atoms with Crippen LogP contribution in [-0.2, 0) is 16.1 Å². The lowest BCUT2D eigenvalue weighted by atomic mass is 9.86. The minimum atomic E-state index is -0.0530. The molecule has 1 aliphatic rings. The highest BCUT2D eigenvalue weighted by Gasteiger charge is 2.27. The third-order valence-electron chi connectivity index (χ3n) is 5.69. The number of hydrogen-bond donors (Lipinski definition) is 2. The van der Waals surface area contributed by atoms with Crippen molar-refractivity contribution in [3.63, 3.8) is 0 Å². The zero-order valence-electron chi connectivity index (χ0n) is 19.6. The number of carbonyl (C=O) groups is 1. The van der Waals surface area contributed by atoms with Gasteiger partial charge in [0.2, 0.25) is 0 Å². The molecule has 1 heterocycles. The van der Waals surface area contributed by atoms with Crippen LogP contribution in [0.3, 0.4) is 0 Å². The fraction of sp³-hybridized carbons (Fsp3) is 0.542. The quantitative estimate of drug-likeness (QED) is 0.233. The van der Waals surface area contributed by atoms with Crippen molar-refractivity contribution in [3.8, 4) is 0 Å². The molecule has 0 bridgehead atoms.